The van der Waals surface area contributed by atoms with Crippen molar-refractivity contribution < 1.29 is 28.2 Å². The molecule has 1 heterocycles. The number of amides is 1. The zero-order valence-electron chi connectivity index (χ0n) is 12.3. The maximum absolute atomic E-state index is 13.1. The molecule has 22 heavy (non-hydrogen) atoms. The van der Waals surface area contributed by atoms with Crippen LogP contribution in [0.25, 0.3) is 0 Å². The van der Waals surface area contributed by atoms with Gasteiger partial charge in [0.05, 0.1) is 0 Å². The van der Waals surface area contributed by atoms with E-state index in [1.807, 2.05) is 0 Å². The minimum absolute atomic E-state index is 0.0102. The van der Waals surface area contributed by atoms with Crippen LogP contribution in [-0.4, -0.2) is 40.1 Å². The van der Waals surface area contributed by atoms with Crippen molar-refractivity contribution in [3.8, 4) is 5.75 Å². The van der Waals surface area contributed by atoms with E-state index in [-0.39, 0.29) is 5.75 Å². The number of carboxylic acid groups (broad SMARTS) is 1. The number of aliphatic carboxylic acids is 1. The molecule has 120 valence electrons. The molecule has 2 rings (SSSR count). The van der Waals surface area contributed by atoms with Crippen molar-refractivity contribution in [1.29, 1.82) is 0 Å². The van der Waals surface area contributed by atoms with Crippen molar-refractivity contribution in [1.82, 2.24) is 4.90 Å². The third-order valence-corrected chi connectivity index (χ3v) is 3.92. The zero-order valence-corrected chi connectivity index (χ0v) is 12.3. The second-order valence-corrected chi connectivity index (χ2v) is 5.51. The van der Waals surface area contributed by atoms with Gasteiger partial charge in [-0.25, -0.2) is 13.6 Å². The summed E-state index contributed by atoms with van der Waals surface area (Å²) in [5, 5.41) is 9.30. The van der Waals surface area contributed by atoms with E-state index in [4.69, 9.17) is 4.74 Å². The van der Waals surface area contributed by atoms with Crippen LogP contribution in [0.2, 0.25) is 0 Å². The second kappa shape index (κ2) is 5.90. The van der Waals surface area contributed by atoms with E-state index in [1.54, 1.807) is 0 Å². The lowest BCUT2D eigenvalue weighted by Crippen LogP contribution is -2.54. The normalized spacial score (nSPS) is 22.5. The number of nitrogens with zero attached hydrogens (tertiary/aromatic N) is 1. The van der Waals surface area contributed by atoms with Gasteiger partial charge in [0.1, 0.15) is 11.3 Å². The van der Waals surface area contributed by atoms with Crippen molar-refractivity contribution in [2.24, 2.45) is 0 Å². The molecule has 0 aromatic heterocycles. The van der Waals surface area contributed by atoms with E-state index in [0.717, 1.165) is 12.1 Å². The molecule has 1 aromatic rings. The number of rotatable bonds is 4. The third-order valence-electron chi connectivity index (χ3n) is 3.92. The molecule has 1 aromatic carbocycles. The molecule has 1 saturated heterocycles. The number of benzene rings is 1. The molecule has 0 bridgehead atoms. The summed E-state index contributed by atoms with van der Waals surface area (Å²) in [5.41, 5.74) is -1.26. The Morgan fingerprint density at radius 1 is 1.36 bits per heavy atom. The second-order valence-electron chi connectivity index (χ2n) is 5.51. The molecule has 1 aliphatic heterocycles. The topological polar surface area (TPSA) is 66.8 Å². The predicted octanol–water partition coefficient (Wildman–Crippen LogP) is 2.20. The number of hydrogen-bond donors (Lipinski definition) is 1. The van der Waals surface area contributed by atoms with Crippen molar-refractivity contribution in [3.63, 3.8) is 0 Å². The van der Waals surface area contributed by atoms with Crippen LogP contribution >= 0.6 is 0 Å². The average molecular weight is 313 g/mol. The van der Waals surface area contributed by atoms with Gasteiger partial charge in [0.2, 0.25) is 0 Å². The summed E-state index contributed by atoms with van der Waals surface area (Å²) < 4.78 is 31.3. The Bertz CT molecular complexity index is 607. The lowest BCUT2D eigenvalue weighted by Gasteiger charge is -2.33. The summed E-state index contributed by atoms with van der Waals surface area (Å²) in [4.78, 5) is 25.0. The summed E-state index contributed by atoms with van der Waals surface area (Å²) in [5.74, 6) is -3.64. The van der Waals surface area contributed by atoms with Crippen LogP contribution in [0.4, 0.5) is 8.78 Å². The van der Waals surface area contributed by atoms with E-state index < -0.39 is 35.2 Å². The number of halogens is 2. The molecule has 0 spiro atoms. The number of carbonyl (C=O) groups is 2. The zero-order chi connectivity index (χ0) is 16.5. The van der Waals surface area contributed by atoms with Gasteiger partial charge in [-0.1, -0.05) is 0 Å². The standard InChI is InChI=1S/C15H17F2NO4/c1-9(22-10-4-5-11(16)12(17)8-10)13(19)18-7-3-6-15(18,2)14(20)21/h4-5,8-9H,3,6-7H2,1-2H3,(H,20,21). The van der Waals surface area contributed by atoms with Gasteiger partial charge in [0.15, 0.2) is 17.7 Å². The fraction of sp³-hybridized carbons (Fsp3) is 0.467. The van der Waals surface area contributed by atoms with Crippen LogP contribution in [0.5, 0.6) is 5.75 Å². The smallest absolute Gasteiger partial charge is 0.329 e. The Kier molecular flexibility index (Phi) is 4.35. The fourth-order valence-corrected chi connectivity index (χ4v) is 2.56. The number of hydrogen-bond acceptors (Lipinski definition) is 3. The predicted molar refractivity (Wildman–Crippen MR) is 73.4 cm³/mol. The summed E-state index contributed by atoms with van der Waals surface area (Å²) in [6.07, 6.45) is -0.0417. The minimum Gasteiger partial charge on any atom is -0.481 e. The van der Waals surface area contributed by atoms with E-state index >= 15 is 0 Å². The molecule has 0 radical (unpaired) electrons. The lowest BCUT2D eigenvalue weighted by atomic mass is 9.99. The van der Waals surface area contributed by atoms with Crippen LogP contribution in [0, 0.1) is 11.6 Å². The van der Waals surface area contributed by atoms with Gasteiger partial charge in [-0.15, -0.1) is 0 Å². The molecule has 2 unspecified atom stereocenters. The Morgan fingerprint density at radius 3 is 2.64 bits per heavy atom. The maximum atomic E-state index is 13.1. The van der Waals surface area contributed by atoms with E-state index in [9.17, 15) is 23.5 Å². The summed E-state index contributed by atoms with van der Waals surface area (Å²) in [6.45, 7) is 3.27. The van der Waals surface area contributed by atoms with Gasteiger partial charge in [-0.05, 0) is 38.8 Å². The molecular weight excluding hydrogens is 296 g/mol. The highest BCUT2D eigenvalue weighted by molar-refractivity contribution is 5.89. The van der Waals surface area contributed by atoms with Gasteiger partial charge in [-0.2, -0.15) is 0 Å². The fourth-order valence-electron chi connectivity index (χ4n) is 2.56. The first-order chi connectivity index (χ1) is 10.3. The molecule has 5 nitrogen and oxygen atoms in total. The highest BCUT2D eigenvalue weighted by atomic mass is 19.2. The van der Waals surface area contributed by atoms with Crippen LogP contribution < -0.4 is 4.74 Å². The molecular formula is C15H17F2NO4. The summed E-state index contributed by atoms with van der Waals surface area (Å²) >= 11 is 0. The quantitative estimate of drug-likeness (QED) is 0.925. The average Bonchev–Trinajstić information content (AvgIpc) is 2.85. The first kappa shape index (κ1) is 16.2. The molecule has 1 amide bonds. The van der Waals surface area contributed by atoms with Crippen LogP contribution in [0.3, 0.4) is 0 Å². The Balaban J connectivity index is 2.12. The SMILES string of the molecule is CC(Oc1ccc(F)c(F)c1)C(=O)N1CCCC1(C)C(=O)O. The molecule has 0 aliphatic carbocycles. The monoisotopic (exact) mass is 313 g/mol. The molecule has 1 fully saturated rings. The first-order valence-corrected chi connectivity index (χ1v) is 6.92. The lowest BCUT2D eigenvalue weighted by molar-refractivity contribution is -0.157. The number of carboxylic acids is 1. The number of carbonyl (C=O) groups excluding carboxylic acids is 1. The Labute approximate surface area is 126 Å². The minimum atomic E-state index is -1.26. The summed E-state index contributed by atoms with van der Waals surface area (Å²) in [6, 6.07) is 2.96. The van der Waals surface area contributed by atoms with Gasteiger partial charge in [0.25, 0.3) is 5.91 Å². The largest absolute Gasteiger partial charge is 0.481 e. The highest BCUT2D eigenvalue weighted by Gasteiger charge is 2.47. The number of likely N-dealkylation sites (tertiary alicyclic amines) is 1. The van der Waals surface area contributed by atoms with Crippen LogP contribution in [-0.2, 0) is 9.59 Å². The molecule has 1 aliphatic rings. The van der Waals surface area contributed by atoms with Gasteiger partial charge >= 0.3 is 5.97 Å². The Morgan fingerprint density at radius 2 is 2.05 bits per heavy atom. The number of ether oxygens (including phenoxy) is 1. The van der Waals surface area contributed by atoms with Crippen molar-refractivity contribution in [2.75, 3.05) is 6.54 Å². The third kappa shape index (κ3) is 2.88. The van der Waals surface area contributed by atoms with Crippen molar-refractivity contribution in [3.05, 3.63) is 29.8 Å². The van der Waals surface area contributed by atoms with Gasteiger partial charge < -0.3 is 14.7 Å². The van der Waals surface area contributed by atoms with E-state index in [2.05, 4.69) is 0 Å². The van der Waals surface area contributed by atoms with Crippen LogP contribution in [0.15, 0.2) is 18.2 Å². The van der Waals surface area contributed by atoms with Crippen molar-refractivity contribution >= 4 is 11.9 Å². The summed E-state index contributed by atoms with van der Waals surface area (Å²) in [7, 11) is 0. The molecule has 1 N–H and O–H groups in total. The van der Waals surface area contributed by atoms with Gasteiger partial charge in [0, 0.05) is 12.6 Å². The van der Waals surface area contributed by atoms with E-state index in [0.29, 0.717) is 19.4 Å². The highest BCUT2D eigenvalue weighted by Crippen LogP contribution is 2.30. The molecule has 2 atom stereocenters. The molecule has 0 saturated carbocycles. The maximum Gasteiger partial charge on any atom is 0.329 e. The Hall–Kier alpha value is -2.18. The first-order valence-electron chi connectivity index (χ1n) is 6.92. The molecule has 7 heteroatoms. The van der Waals surface area contributed by atoms with Gasteiger partial charge in [-0.3, -0.25) is 4.79 Å². The van der Waals surface area contributed by atoms with E-state index in [1.165, 1.54) is 24.8 Å². The van der Waals surface area contributed by atoms with Crippen molar-refractivity contribution in [2.45, 2.75) is 38.3 Å². The van der Waals surface area contributed by atoms with Crippen LogP contribution in [0.1, 0.15) is 26.7 Å².